The van der Waals surface area contributed by atoms with E-state index in [0.29, 0.717) is 5.41 Å². The zero-order valence-electron chi connectivity index (χ0n) is 8.54. The topological polar surface area (TPSA) is 43.8 Å². The van der Waals surface area contributed by atoms with Gasteiger partial charge in [-0.1, -0.05) is 13.8 Å². The fourth-order valence-electron chi connectivity index (χ4n) is 1.74. The van der Waals surface area contributed by atoms with Gasteiger partial charge in [0.25, 0.3) is 0 Å². The quantitative estimate of drug-likeness (QED) is 0.752. The zero-order chi connectivity index (χ0) is 9.64. The molecule has 0 aromatic carbocycles. The van der Waals surface area contributed by atoms with Crippen LogP contribution < -0.4 is 5.73 Å². The summed E-state index contributed by atoms with van der Waals surface area (Å²) >= 11 is 0. The molecule has 1 aromatic rings. The summed E-state index contributed by atoms with van der Waals surface area (Å²) in [7, 11) is 0. The number of rotatable bonds is 2. The summed E-state index contributed by atoms with van der Waals surface area (Å²) in [4.78, 5) is 0. The predicted octanol–water partition coefficient (Wildman–Crippen LogP) is 1.82. The molecule has 72 valence electrons. The van der Waals surface area contributed by atoms with E-state index in [0.717, 1.165) is 23.8 Å². The van der Waals surface area contributed by atoms with Gasteiger partial charge < -0.3 is 5.73 Å². The van der Waals surface area contributed by atoms with Crippen molar-refractivity contribution in [2.75, 3.05) is 5.73 Å². The number of nitrogen functional groups attached to an aromatic ring is 1. The maximum Gasteiger partial charge on any atom is 0.0730 e. The van der Waals surface area contributed by atoms with Gasteiger partial charge in [0, 0.05) is 6.54 Å². The van der Waals surface area contributed by atoms with E-state index in [9.17, 15) is 0 Å². The molecule has 2 rings (SSSR count). The van der Waals surface area contributed by atoms with E-state index in [2.05, 4.69) is 18.9 Å². The molecule has 0 spiro atoms. The summed E-state index contributed by atoms with van der Waals surface area (Å²) in [6.45, 7) is 7.66. The average molecular weight is 179 g/mol. The molecule has 13 heavy (non-hydrogen) atoms. The number of nitrogens with zero attached hydrogens (tertiary/aromatic N) is 2. The molecule has 0 amide bonds. The second-order valence-corrected chi connectivity index (χ2v) is 4.76. The van der Waals surface area contributed by atoms with Crippen molar-refractivity contribution < 1.29 is 0 Å². The van der Waals surface area contributed by atoms with E-state index in [1.165, 1.54) is 6.42 Å². The second kappa shape index (κ2) is 2.50. The van der Waals surface area contributed by atoms with Crippen LogP contribution in [0.25, 0.3) is 0 Å². The van der Waals surface area contributed by atoms with Gasteiger partial charge in [-0.3, -0.25) is 4.68 Å². The Morgan fingerprint density at radius 3 is 2.69 bits per heavy atom. The minimum absolute atomic E-state index is 0.521. The first-order valence-corrected chi connectivity index (χ1v) is 4.78. The van der Waals surface area contributed by atoms with Crippen LogP contribution in [0.5, 0.6) is 0 Å². The Bertz CT molecular complexity index is 325. The van der Waals surface area contributed by atoms with Gasteiger partial charge in [-0.15, -0.1) is 0 Å². The number of anilines is 1. The largest absolute Gasteiger partial charge is 0.396 e. The molecule has 0 radical (unpaired) electrons. The average Bonchev–Trinajstić information content (AvgIpc) is 2.53. The predicted molar refractivity (Wildman–Crippen MR) is 53.3 cm³/mol. The Kier molecular flexibility index (Phi) is 1.65. The molecule has 1 atom stereocenters. The van der Waals surface area contributed by atoms with Gasteiger partial charge in [0.15, 0.2) is 0 Å². The summed E-state index contributed by atoms with van der Waals surface area (Å²) in [5.74, 6) is 0.783. The van der Waals surface area contributed by atoms with Gasteiger partial charge in [-0.2, -0.15) is 5.10 Å². The van der Waals surface area contributed by atoms with Gasteiger partial charge in [0.1, 0.15) is 0 Å². The molecular formula is C10H17N3. The Balaban J connectivity index is 2.07. The fraction of sp³-hybridized carbons (Fsp3) is 0.700. The van der Waals surface area contributed by atoms with Crippen LogP contribution in [0.3, 0.4) is 0 Å². The molecule has 1 aliphatic carbocycles. The van der Waals surface area contributed by atoms with Crippen LogP contribution in [0.4, 0.5) is 5.69 Å². The second-order valence-electron chi connectivity index (χ2n) is 4.76. The van der Waals surface area contributed by atoms with Gasteiger partial charge in [0.2, 0.25) is 0 Å². The SMILES string of the molecule is Cc1c(N)cnn1CC1CC1(C)C. The molecule has 0 saturated heterocycles. The molecule has 1 aliphatic rings. The summed E-state index contributed by atoms with van der Waals surface area (Å²) in [5.41, 5.74) is 8.15. The van der Waals surface area contributed by atoms with Gasteiger partial charge in [-0.05, 0) is 24.7 Å². The maximum atomic E-state index is 5.72. The molecule has 2 N–H and O–H groups in total. The van der Waals surface area contributed by atoms with E-state index in [-0.39, 0.29) is 0 Å². The minimum atomic E-state index is 0.521. The molecule has 1 unspecified atom stereocenters. The maximum absolute atomic E-state index is 5.72. The van der Waals surface area contributed by atoms with Crippen molar-refractivity contribution >= 4 is 5.69 Å². The lowest BCUT2D eigenvalue weighted by atomic mass is 10.1. The third kappa shape index (κ3) is 1.43. The van der Waals surface area contributed by atoms with Crippen LogP contribution >= 0.6 is 0 Å². The summed E-state index contributed by atoms with van der Waals surface area (Å²) < 4.78 is 2.02. The van der Waals surface area contributed by atoms with Crippen LogP contribution in [-0.2, 0) is 6.54 Å². The van der Waals surface area contributed by atoms with Crippen LogP contribution in [0, 0.1) is 18.3 Å². The molecular weight excluding hydrogens is 162 g/mol. The number of aromatic nitrogens is 2. The van der Waals surface area contributed by atoms with Crippen molar-refractivity contribution in [2.24, 2.45) is 11.3 Å². The zero-order valence-corrected chi connectivity index (χ0v) is 8.54. The van der Waals surface area contributed by atoms with E-state index in [1.54, 1.807) is 6.20 Å². The number of hydrogen-bond acceptors (Lipinski definition) is 2. The Hall–Kier alpha value is -0.990. The molecule has 0 aliphatic heterocycles. The van der Waals surface area contributed by atoms with Crippen LogP contribution in [0.2, 0.25) is 0 Å². The monoisotopic (exact) mass is 179 g/mol. The number of hydrogen-bond donors (Lipinski definition) is 1. The normalized spacial score (nSPS) is 24.7. The lowest BCUT2D eigenvalue weighted by molar-refractivity contribution is 0.466. The molecule has 3 nitrogen and oxygen atoms in total. The molecule has 1 fully saturated rings. The molecule has 3 heteroatoms. The molecule has 1 saturated carbocycles. The van der Waals surface area contributed by atoms with E-state index < -0.39 is 0 Å². The third-order valence-corrected chi connectivity index (χ3v) is 3.25. The summed E-state index contributed by atoms with van der Waals surface area (Å²) in [6.07, 6.45) is 3.05. The van der Waals surface area contributed by atoms with Crippen LogP contribution in [-0.4, -0.2) is 9.78 Å². The molecule has 1 aromatic heterocycles. The highest BCUT2D eigenvalue weighted by Crippen LogP contribution is 2.52. The highest BCUT2D eigenvalue weighted by Gasteiger charge is 2.45. The molecule has 0 bridgehead atoms. The first-order valence-electron chi connectivity index (χ1n) is 4.78. The van der Waals surface area contributed by atoms with Crippen molar-refractivity contribution in [3.05, 3.63) is 11.9 Å². The minimum Gasteiger partial charge on any atom is -0.396 e. The van der Waals surface area contributed by atoms with Crippen LogP contribution in [0.1, 0.15) is 26.0 Å². The molecule has 1 heterocycles. The Morgan fingerprint density at radius 2 is 2.31 bits per heavy atom. The van der Waals surface area contributed by atoms with Gasteiger partial charge in [0.05, 0.1) is 17.6 Å². The lowest BCUT2D eigenvalue weighted by Gasteiger charge is -2.05. The highest BCUT2D eigenvalue weighted by molar-refractivity contribution is 5.39. The van der Waals surface area contributed by atoms with E-state index >= 15 is 0 Å². The van der Waals surface area contributed by atoms with E-state index in [1.807, 2.05) is 11.6 Å². The number of nitrogens with two attached hydrogens (primary N) is 1. The Labute approximate surface area is 78.9 Å². The first-order chi connectivity index (χ1) is 6.00. The van der Waals surface area contributed by atoms with E-state index in [4.69, 9.17) is 5.73 Å². The van der Waals surface area contributed by atoms with Crippen molar-refractivity contribution in [3.8, 4) is 0 Å². The van der Waals surface area contributed by atoms with Crippen molar-refractivity contribution in [1.82, 2.24) is 9.78 Å². The smallest absolute Gasteiger partial charge is 0.0730 e. The fourth-order valence-corrected chi connectivity index (χ4v) is 1.74. The Morgan fingerprint density at radius 1 is 1.69 bits per heavy atom. The van der Waals surface area contributed by atoms with Crippen molar-refractivity contribution in [2.45, 2.75) is 33.7 Å². The van der Waals surface area contributed by atoms with Crippen molar-refractivity contribution in [1.29, 1.82) is 0 Å². The third-order valence-electron chi connectivity index (χ3n) is 3.25. The van der Waals surface area contributed by atoms with Gasteiger partial charge in [-0.25, -0.2) is 0 Å². The highest BCUT2D eigenvalue weighted by atomic mass is 15.3. The summed E-state index contributed by atoms with van der Waals surface area (Å²) in [5, 5.41) is 4.25. The van der Waals surface area contributed by atoms with Crippen LogP contribution in [0.15, 0.2) is 6.20 Å². The van der Waals surface area contributed by atoms with Gasteiger partial charge >= 0.3 is 0 Å². The lowest BCUT2D eigenvalue weighted by Crippen LogP contribution is -2.07. The standard InChI is InChI=1S/C10H17N3/c1-7-9(11)5-12-13(7)6-8-4-10(8,2)3/h5,8H,4,6,11H2,1-3H3. The van der Waals surface area contributed by atoms with Crippen molar-refractivity contribution in [3.63, 3.8) is 0 Å². The first kappa shape index (κ1) is 8.60. The summed E-state index contributed by atoms with van der Waals surface area (Å²) in [6, 6.07) is 0.